The normalized spacial score (nSPS) is 17.9. The average molecular weight is 271 g/mol. The first-order valence-electron chi connectivity index (χ1n) is 5.17. The lowest BCUT2D eigenvalue weighted by Gasteiger charge is -2.27. The van der Waals surface area contributed by atoms with Gasteiger partial charge in [0.1, 0.15) is 5.75 Å². The summed E-state index contributed by atoms with van der Waals surface area (Å²) >= 11 is 3.47. The van der Waals surface area contributed by atoms with Crippen molar-refractivity contribution >= 4 is 15.9 Å². The van der Waals surface area contributed by atoms with Gasteiger partial charge in [-0.15, -0.1) is 0 Å². The predicted molar refractivity (Wildman–Crippen MR) is 64.0 cm³/mol. The van der Waals surface area contributed by atoms with Crippen LogP contribution in [0, 0.1) is 0 Å². The summed E-state index contributed by atoms with van der Waals surface area (Å²) in [5, 5.41) is 13.1. The topological polar surface area (TPSA) is 35.5 Å². The highest BCUT2D eigenvalue weighted by molar-refractivity contribution is 9.10. The highest BCUT2D eigenvalue weighted by Crippen LogP contribution is 2.26. The minimum absolute atomic E-state index is 0.378. The lowest BCUT2D eigenvalue weighted by atomic mass is 10.2. The van der Waals surface area contributed by atoms with Crippen LogP contribution in [-0.2, 0) is 6.54 Å². The number of piperazine rings is 1. The quantitative estimate of drug-likeness (QED) is 0.857. The number of benzene rings is 1. The molecule has 0 atom stereocenters. The maximum absolute atomic E-state index is 9.75. The van der Waals surface area contributed by atoms with E-state index in [2.05, 4.69) is 26.1 Å². The molecule has 0 saturated carbocycles. The summed E-state index contributed by atoms with van der Waals surface area (Å²) < 4.78 is 0.987. The Bertz CT molecular complexity index is 317. The largest absolute Gasteiger partial charge is 0.508 e. The molecule has 82 valence electrons. The fourth-order valence-electron chi connectivity index (χ4n) is 1.80. The Hall–Kier alpha value is -0.580. The van der Waals surface area contributed by atoms with Gasteiger partial charge in [-0.3, -0.25) is 4.90 Å². The van der Waals surface area contributed by atoms with E-state index in [0.717, 1.165) is 42.8 Å². The van der Waals surface area contributed by atoms with Crippen molar-refractivity contribution in [2.24, 2.45) is 0 Å². The Morgan fingerprint density at radius 2 is 2.07 bits per heavy atom. The molecule has 1 aliphatic heterocycles. The van der Waals surface area contributed by atoms with Crippen molar-refractivity contribution in [3.63, 3.8) is 0 Å². The number of nitrogens with zero attached hydrogens (tertiary/aromatic N) is 1. The van der Waals surface area contributed by atoms with E-state index in [-0.39, 0.29) is 0 Å². The number of hydrogen-bond donors (Lipinski definition) is 2. The van der Waals surface area contributed by atoms with Gasteiger partial charge in [0.05, 0.1) is 0 Å². The average Bonchev–Trinajstić information content (AvgIpc) is 2.25. The number of phenols is 1. The lowest BCUT2D eigenvalue weighted by molar-refractivity contribution is 0.230. The van der Waals surface area contributed by atoms with Crippen LogP contribution in [0.5, 0.6) is 5.75 Å². The van der Waals surface area contributed by atoms with Gasteiger partial charge >= 0.3 is 0 Å². The van der Waals surface area contributed by atoms with Crippen molar-refractivity contribution in [2.75, 3.05) is 26.2 Å². The van der Waals surface area contributed by atoms with Gasteiger partial charge < -0.3 is 10.4 Å². The summed E-state index contributed by atoms with van der Waals surface area (Å²) in [4.78, 5) is 2.34. The minimum Gasteiger partial charge on any atom is -0.508 e. The third kappa shape index (κ3) is 2.71. The first-order chi connectivity index (χ1) is 7.27. The molecular weight excluding hydrogens is 256 g/mol. The molecule has 1 aromatic carbocycles. The van der Waals surface area contributed by atoms with Crippen molar-refractivity contribution in [3.8, 4) is 5.75 Å². The van der Waals surface area contributed by atoms with Crippen molar-refractivity contribution in [2.45, 2.75) is 6.54 Å². The fraction of sp³-hybridized carbons (Fsp3) is 0.455. The smallest absolute Gasteiger partial charge is 0.121 e. The maximum atomic E-state index is 9.75. The second-order valence-corrected chi connectivity index (χ2v) is 4.62. The van der Waals surface area contributed by atoms with Gasteiger partial charge in [-0.2, -0.15) is 0 Å². The van der Waals surface area contributed by atoms with Crippen LogP contribution in [-0.4, -0.2) is 36.2 Å². The van der Waals surface area contributed by atoms with Crippen molar-refractivity contribution in [1.29, 1.82) is 0 Å². The van der Waals surface area contributed by atoms with Crippen molar-refractivity contribution in [1.82, 2.24) is 10.2 Å². The van der Waals surface area contributed by atoms with E-state index in [4.69, 9.17) is 0 Å². The molecule has 0 amide bonds. The molecule has 0 aromatic heterocycles. The standard InChI is InChI=1S/C11H15BrN2O/c12-10-2-1-3-11(15)9(10)8-14-6-4-13-5-7-14/h1-3,13,15H,4-8H2. The van der Waals surface area contributed by atoms with Gasteiger partial charge in [0.25, 0.3) is 0 Å². The van der Waals surface area contributed by atoms with E-state index < -0.39 is 0 Å². The molecule has 4 heteroatoms. The SMILES string of the molecule is Oc1cccc(Br)c1CN1CCNCC1. The first-order valence-corrected chi connectivity index (χ1v) is 5.96. The summed E-state index contributed by atoms with van der Waals surface area (Å²) in [5.74, 6) is 0.378. The van der Waals surface area contributed by atoms with Crippen LogP contribution in [0.1, 0.15) is 5.56 Å². The van der Waals surface area contributed by atoms with Crippen LogP contribution in [0.15, 0.2) is 22.7 Å². The molecule has 1 saturated heterocycles. The van der Waals surface area contributed by atoms with E-state index >= 15 is 0 Å². The molecule has 0 bridgehead atoms. The monoisotopic (exact) mass is 270 g/mol. The summed E-state index contributed by atoms with van der Waals surface area (Å²) in [7, 11) is 0. The summed E-state index contributed by atoms with van der Waals surface area (Å²) in [6.45, 7) is 4.97. The van der Waals surface area contributed by atoms with Gasteiger partial charge in [0, 0.05) is 42.8 Å². The van der Waals surface area contributed by atoms with Gasteiger partial charge in [-0.1, -0.05) is 22.0 Å². The van der Waals surface area contributed by atoms with Crippen LogP contribution in [0.4, 0.5) is 0 Å². The molecule has 0 radical (unpaired) electrons. The molecule has 3 nitrogen and oxygen atoms in total. The maximum Gasteiger partial charge on any atom is 0.121 e. The molecule has 2 rings (SSSR count). The zero-order chi connectivity index (χ0) is 10.7. The first kappa shape index (κ1) is 10.9. The van der Waals surface area contributed by atoms with Crippen LogP contribution in [0.2, 0.25) is 0 Å². The molecule has 2 N–H and O–H groups in total. The third-order valence-corrected chi connectivity index (χ3v) is 3.43. The van der Waals surface area contributed by atoms with E-state index in [1.807, 2.05) is 12.1 Å². The predicted octanol–water partition coefficient (Wildman–Crippen LogP) is 1.56. The zero-order valence-electron chi connectivity index (χ0n) is 8.54. The van der Waals surface area contributed by atoms with E-state index in [1.165, 1.54) is 0 Å². The highest BCUT2D eigenvalue weighted by atomic mass is 79.9. The summed E-state index contributed by atoms with van der Waals surface area (Å²) in [6.07, 6.45) is 0. The lowest BCUT2D eigenvalue weighted by Crippen LogP contribution is -2.42. The Labute approximate surface area is 98.2 Å². The summed E-state index contributed by atoms with van der Waals surface area (Å²) in [5.41, 5.74) is 0.986. The van der Waals surface area contributed by atoms with Crippen LogP contribution >= 0.6 is 15.9 Å². The number of hydrogen-bond acceptors (Lipinski definition) is 3. The molecule has 0 unspecified atom stereocenters. The van der Waals surface area contributed by atoms with E-state index in [0.29, 0.717) is 5.75 Å². The number of nitrogens with one attached hydrogen (secondary N) is 1. The minimum atomic E-state index is 0.378. The molecular formula is C11H15BrN2O. The number of phenolic OH excluding ortho intramolecular Hbond substituents is 1. The second-order valence-electron chi connectivity index (χ2n) is 3.76. The number of aromatic hydroxyl groups is 1. The van der Waals surface area contributed by atoms with Crippen LogP contribution in [0.3, 0.4) is 0 Å². The van der Waals surface area contributed by atoms with Crippen LogP contribution in [0.25, 0.3) is 0 Å². The zero-order valence-corrected chi connectivity index (χ0v) is 10.1. The van der Waals surface area contributed by atoms with E-state index in [9.17, 15) is 5.11 Å². The highest BCUT2D eigenvalue weighted by Gasteiger charge is 2.13. The molecule has 0 spiro atoms. The van der Waals surface area contributed by atoms with Gasteiger partial charge in [-0.25, -0.2) is 0 Å². The fourth-order valence-corrected chi connectivity index (χ4v) is 2.28. The Morgan fingerprint density at radius 1 is 1.33 bits per heavy atom. The van der Waals surface area contributed by atoms with Crippen molar-refractivity contribution in [3.05, 3.63) is 28.2 Å². The third-order valence-electron chi connectivity index (χ3n) is 2.69. The molecule has 1 aliphatic rings. The molecule has 15 heavy (non-hydrogen) atoms. The molecule has 0 aliphatic carbocycles. The Balaban J connectivity index is 2.09. The molecule has 1 heterocycles. The van der Waals surface area contributed by atoms with Gasteiger partial charge in [0.15, 0.2) is 0 Å². The van der Waals surface area contributed by atoms with Crippen LogP contribution < -0.4 is 5.32 Å². The summed E-state index contributed by atoms with van der Waals surface area (Å²) in [6, 6.07) is 5.56. The van der Waals surface area contributed by atoms with Crippen molar-refractivity contribution < 1.29 is 5.11 Å². The number of halogens is 1. The van der Waals surface area contributed by atoms with Gasteiger partial charge in [0.2, 0.25) is 0 Å². The van der Waals surface area contributed by atoms with Gasteiger partial charge in [-0.05, 0) is 12.1 Å². The molecule has 1 fully saturated rings. The van der Waals surface area contributed by atoms with E-state index in [1.54, 1.807) is 6.07 Å². The number of rotatable bonds is 2. The second kappa shape index (κ2) is 4.96. The molecule has 1 aromatic rings. The Morgan fingerprint density at radius 3 is 2.73 bits per heavy atom. The Kier molecular flexibility index (Phi) is 3.61.